The summed E-state index contributed by atoms with van der Waals surface area (Å²) in [6, 6.07) is -1.49. The van der Waals surface area contributed by atoms with Crippen molar-refractivity contribution in [2.24, 2.45) is 0 Å². The highest BCUT2D eigenvalue weighted by Gasteiger charge is 2.39. The van der Waals surface area contributed by atoms with Gasteiger partial charge < -0.3 is 15.1 Å². The average molecular weight is 297 g/mol. The molecule has 1 aromatic heterocycles. The van der Waals surface area contributed by atoms with Gasteiger partial charge in [-0.05, 0) is 19.3 Å². The van der Waals surface area contributed by atoms with Crippen LogP contribution in [0.15, 0.2) is 0 Å². The van der Waals surface area contributed by atoms with Crippen molar-refractivity contribution >= 4 is 28.5 Å². The summed E-state index contributed by atoms with van der Waals surface area (Å²) in [7, 11) is 0. The van der Waals surface area contributed by atoms with Crippen LogP contribution in [0.1, 0.15) is 23.4 Å². The number of amides is 2. The Morgan fingerprint density at radius 2 is 2.20 bits per heavy atom. The second-order valence-electron chi connectivity index (χ2n) is 5.07. The number of aliphatic carboxylic acids is 1. The molecule has 1 aliphatic heterocycles. The maximum Gasteiger partial charge on any atom is 0.326 e. The number of aromatic nitrogens is 1. The predicted molar refractivity (Wildman–Crippen MR) is 71.9 cm³/mol. The summed E-state index contributed by atoms with van der Waals surface area (Å²) in [5.41, 5.74) is 1.03. The fourth-order valence-electron chi connectivity index (χ4n) is 2.68. The third-order valence-electron chi connectivity index (χ3n) is 3.63. The van der Waals surface area contributed by atoms with Crippen LogP contribution in [0.5, 0.6) is 0 Å². The van der Waals surface area contributed by atoms with Gasteiger partial charge in [0.2, 0.25) is 0 Å². The Hall–Kier alpha value is -1.67. The molecule has 1 saturated heterocycles. The number of nitrogens with one attached hydrogen (secondary N) is 1. The van der Waals surface area contributed by atoms with E-state index in [1.165, 1.54) is 16.2 Å². The third-order valence-corrected chi connectivity index (χ3v) is 4.71. The van der Waals surface area contributed by atoms with Gasteiger partial charge in [0.25, 0.3) is 0 Å². The second-order valence-corrected chi connectivity index (χ2v) is 6.15. The average Bonchev–Trinajstić information content (AvgIpc) is 3.02. The number of aliphatic hydroxyl groups excluding tert-OH is 1. The minimum Gasteiger partial charge on any atom is -0.480 e. The van der Waals surface area contributed by atoms with Crippen LogP contribution < -0.4 is 5.32 Å². The number of β-amino-alcohol motifs (C(OH)–C–C–N with tert-alkyl or cyclic N) is 1. The Kier molecular flexibility index (Phi) is 3.35. The molecule has 0 bridgehead atoms. The number of fused-ring (bicyclic) bond motifs is 1. The molecule has 20 heavy (non-hydrogen) atoms. The first-order valence-electron chi connectivity index (χ1n) is 6.51. The number of carboxylic acids is 1. The second kappa shape index (κ2) is 5.02. The molecule has 2 aliphatic rings. The number of carbonyl (C=O) groups is 2. The number of anilines is 1. The van der Waals surface area contributed by atoms with Gasteiger partial charge in [0.05, 0.1) is 11.8 Å². The van der Waals surface area contributed by atoms with Crippen molar-refractivity contribution in [3.63, 3.8) is 0 Å². The minimum absolute atomic E-state index is 0.0356. The zero-order chi connectivity index (χ0) is 14.3. The number of nitrogens with zero attached hydrogens (tertiary/aromatic N) is 2. The van der Waals surface area contributed by atoms with Gasteiger partial charge in [0.15, 0.2) is 5.13 Å². The van der Waals surface area contributed by atoms with Crippen LogP contribution in [0.2, 0.25) is 0 Å². The smallest absolute Gasteiger partial charge is 0.326 e. The molecule has 3 N–H and O–H groups in total. The highest BCUT2D eigenvalue weighted by Crippen LogP contribution is 2.31. The molecule has 1 fully saturated rings. The van der Waals surface area contributed by atoms with Crippen LogP contribution in [-0.4, -0.2) is 50.8 Å². The molecule has 7 nitrogen and oxygen atoms in total. The number of aryl methyl sites for hydroxylation is 2. The van der Waals surface area contributed by atoms with E-state index in [-0.39, 0.29) is 13.0 Å². The highest BCUT2D eigenvalue weighted by molar-refractivity contribution is 7.15. The van der Waals surface area contributed by atoms with Crippen LogP contribution in [-0.2, 0) is 17.6 Å². The quantitative estimate of drug-likeness (QED) is 0.745. The monoisotopic (exact) mass is 297 g/mol. The molecule has 2 atom stereocenters. The molecule has 1 aliphatic carbocycles. The summed E-state index contributed by atoms with van der Waals surface area (Å²) in [6.45, 7) is 0.0356. The van der Waals surface area contributed by atoms with E-state index in [1.807, 2.05) is 0 Å². The van der Waals surface area contributed by atoms with Crippen LogP contribution >= 0.6 is 11.3 Å². The lowest BCUT2D eigenvalue weighted by Crippen LogP contribution is -2.43. The lowest BCUT2D eigenvalue weighted by molar-refractivity contribution is -0.141. The van der Waals surface area contributed by atoms with E-state index in [0.717, 1.165) is 29.9 Å². The first kappa shape index (κ1) is 13.3. The van der Waals surface area contributed by atoms with Gasteiger partial charge in [0.1, 0.15) is 6.04 Å². The summed E-state index contributed by atoms with van der Waals surface area (Å²) in [4.78, 5) is 29.9. The van der Waals surface area contributed by atoms with E-state index in [0.29, 0.717) is 5.13 Å². The van der Waals surface area contributed by atoms with E-state index in [1.54, 1.807) is 0 Å². The van der Waals surface area contributed by atoms with Gasteiger partial charge in [-0.15, -0.1) is 11.3 Å². The number of rotatable bonds is 2. The number of urea groups is 1. The molecule has 8 heteroatoms. The SMILES string of the molecule is O=C(O)[C@@H]1C[C@H](O)CN1C(=O)Nc1nc2c(s1)CCC2. The van der Waals surface area contributed by atoms with E-state index >= 15 is 0 Å². The lowest BCUT2D eigenvalue weighted by Gasteiger charge is -2.20. The Morgan fingerprint density at radius 1 is 1.40 bits per heavy atom. The summed E-state index contributed by atoms with van der Waals surface area (Å²) < 4.78 is 0. The number of carbonyl (C=O) groups excluding carboxylic acids is 1. The van der Waals surface area contributed by atoms with Crippen molar-refractivity contribution in [1.82, 2.24) is 9.88 Å². The molecular formula is C12H15N3O4S. The Labute approximate surface area is 119 Å². The van der Waals surface area contributed by atoms with Gasteiger partial charge >= 0.3 is 12.0 Å². The largest absolute Gasteiger partial charge is 0.480 e. The number of likely N-dealkylation sites (tertiary alicyclic amines) is 1. The van der Waals surface area contributed by atoms with E-state index < -0.39 is 24.1 Å². The summed E-state index contributed by atoms with van der Waals surface area (Å²) in [6.07, 6.45) is 2.30. The molecule has 2 amide bonds. The van der Waals surface area contributed by atoms with Crippen molar-refractivity contribution in [1.29, 1.82) is 0 Å². The van der Waals surface area contributed by atoms with Crippen LogP contribution in [0, 0.1) is 0 Å². The zero-order valence-corrected chi connectivity index (χ0v) is 11.5. The maximum atomic E-state index is 12.1. The zero-order valence-electron chi connectivity index (χ0n) is 10.7. The van der Waals surface area contributed by atoms with Gasteiger partial charge in [0, 0.05) is 17.8 Å². The van der Waals surface area contributed by atoms with Gasteiger partial charge in [-0.25, -0.2) is 14.6 Å². The normalized spacial score (nSPS) is 24.8. The fraction of sp³-hybridized carbons (Fsp3) is 0.583. The number of aliphatic hydroxyl groups is 1. The molecule has 1 aromatic rings. The van der Waals surface area contributed by atoms with Gasteiger partial charge in [-0.2, -0.15) is 0 Å². The Morgan fingerprint density at radius 3 is 2.90 bits per heavy atom. The molecular weight excluding hydrogens is 282 g/mol. The van der Waals surface area contributed by atoms with Crippen molar-refractivity contribution in [3.8, 4) is 0 Å². The number of hydrogen-bond acceptors (Lipinski definition) is 5. The first-order chi connectivity index (χ1) is 9.54. The number of carboxylic acid groups (broad SMARTS) is 1. The van der Waals surface area contributed by atoms with Crippen molar-refractivity contribution in [2.75, 3.05) is 11.9 Å². The van der Waals surface area contributed by atoms with Crippen molar-refractivity contribution in [2.45, 2.75) is 37.8 Å². The van der Waals surface area contributed by atoms with Crippen molar-refractivity contribution < 1.29 is 19.8 Å². The maximum absolute atomic E-state index is 12.1. The molecule has 3 rings (SSSR count). The van der Waals surface area contributed by atoms with E-state index in [4.69, 9.17) is 5.11 Å². The minimum atomic E-state index is -1.10. The van der Waals surface area contributed by atoms with Gasteiger partial charge in [-0.3, -0.25) is 5.32 Å². The standard InChI is InChI=1S/C12H15N3O4S/c16-6-4-8(10(17)18)15(5-6)12(19)14-11-13-7-2-1-3-9(7)20-11/h6,8,16H,1-5H2,(H,17,18)(H,13,14,19)/t6-,8-/m0/s1. The number of hydrogen-bond donors (Lipinski definition) is 3. The summed E-state index contributed by atoms with van der Waals surface area (Å²) in [5.74, 6) is -1.10. The van der Waals surface area contributed by atoms with Crippen LogP contribution in [0.3, 0.4) is 0 Å². The fourth-order valence-corrected chi connectivity index (χ4v) is 3.72. The van der Waals surface area contributed by atoms with Gasteiger partial charge in [-0.1, -0.05) is 0 Å². The molecule has 0 saturated carbocycles. The van der Waals surface area contributed by atoms with Crippen LogP contribution in [0.25, 0.3) is 0 Å². The number of thiazole rings is 1. The molecule has 0 radical (unpaired) electrons. The summed E-state index contributed by atoms with van der Waals surface area (Å²) in [5, 5.41) is 21.7. The van der Waals surface area contributed by atoms with E-state index in [2.05, 4.69) is 10.3 Å². The first-order valence-corrected chi connectivity index (χ1v) is 7.33. The molecule has 0 unspecified atom stereocenters. The highest BCUT2D eigenvalue weighted by atomic mass is 32.1. The molecule has 0 spiro atoms. The Balaban J connectivity index is 1.70. The topological polar surface area (TPSA) is 103 Å². The molecule has 0 aromatic carbocycles. The lowest BCUT2D eigenvalue weighted by atomic mass is 10.2. The Bertz CT molecular complexity index is 537. The van der Waals surface area contributed by atoms with Crippen LogP contribution in [0.4, 0.5) is 9.93 Å². The predicted octanol–water partition coefficient (Wildman–Crippen LogP) is 0.684. The third kappa shape index (κ3) is 2.36. The van der Waals surface area contributed by atoms with Crippen molar-refractivity contribution in [3.05, 3.63) is 10.6 Å². The van der Waals surface area contributed by atoms with E-state index in [9.17, 15) is 14.7 Å². The summed E-state index contributed by atoms with van der Waals surface area (Å²) >= 11 is 1.44. The molecule has 2 heterocycles. The molecule has 108 valence electrons.